The van der Waals surface area contributed by atoms with Crippen LogP contribution in [0.2, 0.25) is 0 Å². The van der Waals surface area contributed by atoms with Gasteiger partial charge < -0.3 is 0 Å². The molecule has 0 atom stereocenters. The minimum absolute atomic E-state index is 0.0431. The van der Waals surface area contributed by atoms with E-state index in [4.69, 9.17) is 0 Å². The Morgan fingerprint density at radius 3 is 1.13 bits per heavy atom. The largest absolute Gasteiger partial charge is 0.294 e. The van der Waals surface area contributed by atoms with Crippen LogP contribution < -0.4 is 0 Å². The monoisotopic (exact) mass is 436 g/mol. The summed E-state index contributed by atoms with van der Waals surface area (Å²) in [4.78, 5) is -0.0961. The maximum Gasteiger partial charge on any atom is 0.294 e. The average Bonchev–Trinajstić information content (AvgIpc) is 2.67. The van der Waals surface area contributed by atoms with Gasteiger partial charge in [0.15, 0.2) is 0 Å². The third-order valence-electron chi connectivity index (χ3n) is 5.73. The second-order valence-electron chi connectivity index (χ2n) is 10.2. The molecule has 0 spiro atoms. The SMILES string of the molecule is CC(C)(C)c1ccc(C(c2ccc(C(C)(C)C)cc2)c2ccc(S(=O)(=O)O)cc2)cc1. The van der Waals surface area contributed by atoms with Gasteiger partial charge in [-0.25, -0.2) is 0 Å². The third kappa shape index (κ3) is 5.44. The Kier molecular flexibility index (Phi) is 6.18. The Hall–Kier alpha value is -2.43. The van der Waals surface area contributed by atoms with E-state index in [9.17, 15) is 13.0 Å². The molecule has 3 aromatic rings. The summed E-state index contributed by atoms with van der Waals surface area (Å²) in [6.45, 7) is 13.2. The van der Waals surface area contributed by atoms with E-state index in [1.165, 1.54) is 23.3 Å². The second-order valence-corrected chi connectivity index (χ2v) is 11.6. The summed E-state index contributed by atoms with van der Waals surface area (Å²) < 4.78 is 32.3. The maximum absolute atomic E-state index is 11.5. The summed E-state index contributed by atoms with van der Waals surface area (Å²) in [5, 5.41) is 0. The molecule has 3 aromatic carbocycles. The molecule has 0 aromatic heterocycles. The van der Waals surface area contributed by atoms with Gasteiger partial charge in [0.05, 0.1) is 4.90 Å². The lowest BCUT2D eigenvalue weighted by atomic mass is 9.80. The van der Waals surface area contributed by atoms with Crippen molar-refractivity contribution in [1.29, 1.82) is 0 Å². The molecule has 0 fully saturated rings. The van der Waals surface area contributed by atoms with Crippen molar-refractivity contribution in [2.24, 2.45) is 0 Å². The first-order valence-electron chi connectivity index (χ1n) is 10.6. The minimum Gasteiger partial charge on any atom is -0.282 e. The summed E-state index contributed by atoms with van der Waals surface area (Å²) in [5.41, 5.74) is 5.91. The summed E-state index contributed by atoms with van der Waals surface area (Å²) in [7, 11) is -4.22. The van der Waals surface area contributed by atoms with Crippen molar-refractivity contribution >= 4 is 10.1 Å². The highest BCUT2D eigenvalue weighted by molar-refractivity contribution is 7.85. The topological polar surface area (TPSA) is 54.4 Å². The molecule has 0 bridgehead atoms. The van der Waals surface area contributed by atoms with E-state index in [1.807, 2.05) is 0 Å². The smallest absolute Gasteiger partial charge is 0.282 e. The molecule has 3 nitrogen and oxygen atoms in total. The Labute approximate surface area is 186 Å². The van der Waals surface area contributed by atoms with Crippen molar-refractivity contribution in [2.75, 3.05) is 0 Å². The molecule has 0 saturated carbocycles. The molecule has 0 aliphatic heterocycles. The van der Waals surface area contributed by atoms with E-state index in [2.05, 4.69) is 90.1 Å². The Balaban J connectivity index is 2.10. The molecule has 0 radical (unpaired) electrons. The second kappa shape index (κ2) is 8.25. The van der Waals surface area contributed by atoms with E-state index in [1.54, 1.807) is 12.1 Å². The Bertz CT molecular complexity index is 1070. The molecule has 3 rings (SSSR count). The maximum atomic E-state index is 11.5. The zero-order valence-corrected chi connectivity index (χ0v) is 20.0. The lowest BCUT2D eigenvalue weighted by Crippen LogP contribution is -2.12. The van der Waals surface area contributed by atoms with Gasteiger partial charge >= 0.3 is 0 Å². The molecular formula is C27H32O3S. The molecule has 4 heteroatoms. The van der Waals surface area contributed by atoms with E-state index in [0.29, 0.717) is 0 Å². The third-order valence-corrected chi connectivity index (χ3v) is 6.60. The number of rotatable bonds is 4. The van der Waals surface area contributed by atoms with E-state index >= 15 is 0 Å². The van der Waals surface area contributed by atoms with Crippen LogP contribution in [0.4, 0.5) is 0 Å². The average molecular weight is 437 g/mol. The molecule has 164 valence electrons. The first-order chi connectivity index (χ1) is 14.3. The van der Waals surface area contributed by atoms with Crippen LogP contribution in [-0.4, -0.2) is 13.0 Å². The van der Waals surface area contributed by atoms with Crippen molar-refractivity contribution in [2.45, 2.75) is 63.2 Å². The molecule has 0 aliphatic rings. The van der Waals surface area contributed by atoms with Crippen LogP contribution in [0.1, 0.15) is 75.3 Å². The lowest BCUT2D eigenvalue weighted by Gasteiger charge is -2.24. The van der Waals surface area contributed by atoms with Crippen molar-refractivity contribution in [3.63, 3.8) is 0 Å². The zero-order valence-electron chi connectivity index (χ0n) is 19.2. The lowest BCUT2D eigenvalue weighted by molar-refractivity contribution is 0.483. The van der Waals surface area contributed by atoms with Crippen molar-refractivity contribution in [3.8, 4) is 0 Å². The summed E-state index contributed by atoms with van der Waals surface area (Å²) in [6.07, 6.45) is 0. The highest BCUT2D eigenvalue weighted by atomic mass is 32.2. The minimum atomic E-state index is -4.22. The quantitative estimate of drug-likeness (QED) is 0.365. The fraction of sp³-hybridized carbons (Fsp3) is 0.333. The predicted molar refractivity (Wildman–Crippen MR) is 127 cm³/mol. The van der Waals surface area contributed by atoms with Gasteiger partial charge in [0, 0.05) is 5.92 Å². The summed E-state index contributed by atoms with van der Waals surface area (Å²) in [6, 6.07) is 23.8. The van der Waals surface area contributed by atoms with Gasteiger partial charge in [0.2, 0.25) is 0 Å². The fourth-order valence-corrected chi connectivity index (χ4v) is 4.24. The van der Waals surface area contributed by atoms with Crippen LogP contribution in [0.3, 0.4) is 0 Å². The van der Waals surface area contributed by atoms with E-state index < -0.39 is 10.1 Å². The predicted octanol–water partition coefficient (Wildman–Crippen LogP) is 6.71. The van der Waals surface area contributed by atoms with Crippen LogP contribution in [0.5, 0.6) is 0 Å². The van der Waals surface area contributed by atoms with Crippen molar-refractivity contribution < 1.29 is 13.0 Å². The van der Waals surface area contributed by atoms with Gasteiger partial charge in [-0.05, 0) is 50.8 Å². The molecule has 0 amide bonds. The first kappa shape index (κ1) is 23.2. The summed E-state index contributed by atoms with van der Waals surface area (Å²) in [5.74, 6) is -0.0431. The van der Waals surface area contributed by atoms with Gasteiger partial charge in [0.25, 0.3) is 10.1 Å². The van der Waals surface area contributed by atoms with Crippen LogP contribution in [0.15, 0.2) is 77.7 Å². The van der Waals surface area contributed by atoms with Crippen LogP contribution in [0, 0.1) is 0 Å². The van der Waals surface area contributed by atoms with Crippen LogP contribution in [-0.2, 0) is 20.9 Å². The molecular weight excluding hydrogens is 404 g/mol. The molecule has 0 heterocycles. The molecule has 31 heavy (non-hydrogen) atoms. The van der Waals surface area contributed by atoms with E-state index in [0.717, 1.165) is 16.7 Å². The standard InChI is InChI=1S/C27H32O3S/c1-26(2,3)22-13-7-19(8-14-22)25(20-9-15-23(16-10-20)27(4,5)6)21-11-17-24(18-12-21)31(28,29)30/h7-18,25H,1-6H3,(H,28,29,30). The number of benzene rings is 3. The summed E-state index contributed by atoms with van der Waals surface area (Å²) >= 11 is 0. The van der Waals surface area contributed by atoms with Gasteiger partial charge in [-0.3, -0.25) is 4.55 Å². The number of hydrogen-bond acceptors (Lipinski definition) is 2. The van der Waals surface area contributed by atoms with Gasteiger partial charge in [-0.1, -0.05) is 102 Å². The van der Waals surface area contributed by atoms with Crippen LogP contribution >= 0.6 is 0 Å². The Morgan fingerprint density at radius 1 is 0.581 bits per heavy atom. The van der Waals surface area contributed by atoms with Crippen molar-refractivity contribution in [3.05, 3.63) is 101 Å². The Morgan fingerprint density at radius 2 is 0.871 bits per heavy atom. The molecule has 1 N–H and O–H groups in total. The van der Waals surface area contributed by atoms with Gasteiger partial charge in [0.1, 0.15) is 0 Å². The fourth-order valence-electron chi connectivity index (χ4n) is 3.76. The zero-order chi connectivity index (χ0) is 23.0. The van der Waals surface area contributed by atoms with E-state index in [-0.39, 0.29) is 21.6 Å². The van der Waals surface area contributed by atoms with Crippen LogP contribution in [0.25, 0.3) is 0 Å². The van der Waals surface area contributed by atoms with Gasteiger partial charge in [-0.15, -0.1) is 0 Å². The van der Waals surface area contributed by atoms with Gasteiger partial charge in [-0.2, -0.15) is 8.42 Å². The first-order valence-corrected chi connectivity index (χ1v) is 12.0. The highest BCUT2D eigenvalue weighted by Gasteiger charge is 2.21. The normalized spacial score (nSPS) is 12.9. The molecule has 0 aliphatic carbocycles. The molecule has 0 saturated heterocycles. The van der Waals surface area contributed by atoms with Crippen molar-refractivity contribution in [1.82, 2.24) is 0 Å². The number of hydrogen-bond donors (Lipinski definition) is 1. The molecule has 0 unspecified atom stereocenters. The highest BCUT2D eigenvalue weighted by Crippen LogP contribution is 2.35.